The first-order valence-electron chi connectivity index (χ1n) is 5.79. The first-order valence-corrected chi connectivity index (χ1v) is 5.79. The molecule has 1 heterocycles. The van der Waals surface area contributed by atoms with Gasteiger partial charge < -0.3 is 10.1 Å². The molecule has 98 valence electrons. The van der Waals surface area contributed by atoms with Crippen molar-refractivity contribution < 1.29 is 17.9 Å². The third kappa shape index (κ3) is 2.12. The molecular weight excluding hydrogens is 255 g/mol. The maximum atomic E-state index is 13.7. The van der Waals surface area contributed by atoms with E-state index in [1.54, 1.807) is 0 Å². The number of anilines is 1. The molecule has 2 aromatic rings. The summed E-state index contributed by atoms with van der Waals surface area (Å²) in [6, 6.07) is 7.63. The van der Waals surface area contributed by atoms with E-state index in [-0.39, 0.29) is 17.9 Å². The summed E-state index contributed by atoms with van der Waals surface area (Å²) < 4.78 is 45.9. The molecule has 0 aromatic heterocycles. The summed E-state index contributed by atoms with van der Waals surface area (Å²) in [5.41, 5.74) is 0.458. The molecule has 5 heteroatoms. The minimum Gasteiger partial charge on any atom is -0.481 e. The van der Waals surface area contributed by atoms with Crippen LogP contribution in [0.4, 0.5) is 18.9 Å². The van der Waals surface area contributed by atoms with Crippen molar-refractivity contribution in [1.29, 1.82) is 0 Å². The van der Waals surface area contributed by atoms with E-state index < -0.39 is 23.6 Å². The summed E-state index contributed by atoms with van der Waals surface area (Å²) in [7, 11) is 0. The highest BCUT2D eigenvalue weighted by molar-refractivity contribution is 5.58. The molecule has 2 nitrogen and oxygen atoms in total. The van der Waals surface area contributed by atoms with Gasteiger partial charge in [0.15, 0.2) is 0 Å². The van der Waals surface area contributed by atoms with Crippen LogP contribution in [0.5, 0.6) is 5.75 Å². The molecule has 1 aliphatic heterocycles. The smallest absolute Gasteiger partial charge is 0.147 e. The van der Waals surface area contributed by atoms with Crippen LogP contribution in [0.25, 0.3) is 0 Å². The summed E-state index contributed by atoms with van der Waals surface area (Å²) >= 11 is 0. The monoisotopic (exact) mass is 265 g/mol. The van der Waals surface area contributed by atoms with Crippen LogP contribution in [-0.2, 0) is 0 Å². The SMILES string of the molecule is Fc1ccc2c(c1)OC(c1c(F)cccc1F)CN2. The third-order valence-electron chi connectivity index (χ3n) is 3.01. The van der Waals surface area contributed by atoms with Gasteiger partial charge in [0.2, 0.25) is 0 Å². The van der Waals surface area contributed by atoms with Gasteiger partial charge in [-0.05, 0) is 24.3 Å². The molecule has 0 fully saturated rings. The first-order chi connectivity index (χ1) is 9.15. The van der Waals surface area contributed by atoms with Crippen LogP contribution < -0.4 is 10.1 Å². The number of hydrogen-bond acceptors (Lipinski definition) is 2. The normalized spacial score (nSPS) is 17.3. The van der Waals surface area contributed by atoms with Gasteiger partial charge in [-0.15, -0.1) is 0 Å². The summed E-state index contributed by atoms with van der Waals surface area (Å²) in [5.74, 6) is -1.56. The number of nitrogens with one attached hydrogen (secondary N) is 1. The highest BCUT2D eigenvalue weighted by Gasteiger charge is 2.26. The molecule has 0 amide bonds. The van der Waals surface area contributed by atoms with Crippen LogP contribution in [-0.4, -0.2) is 6.54 Å². The van der Waals surface area contributed by atoms with Crippen molar-refractivity contribution in [3.63, 3.8) is 0 Å². The summed E-state index contributed by atoms with van der Waals surface area (Å²) in [6.07, 6.45) is -0.824. The lowest BCUT2D eigenvalue weighted by Crippen LogP contribution is -2.25. The molecule has 1 aliphatic rings. The van der Waals surface area contributed by atoms with Crippen LogP contribution >= 0.6 is 0 Å². The predicted octanol–water partition coefficient (Wildman–Crippen LogP) is 3.65. The fraction of sp³-hybridized carbons (Fsp3) is 0.143. The molecule has 0 saturated carbocycles. The molecule has 0 spiro atoms. The van der Waals surface area contributed by atoms with Gasteiger partial charge in [0.05, 0.1) is 17.8 Å². The lowest BCUT2D eigenvalue weighted by molar-refractivity contribution is 0.199. The highest BCUT2D eigenvalue weighted by Crippen LogP contribution is 2.35. The van der Waals surface area contributed by atoms with Gasteiger partial charge in [0.1, 0.15) is 29.3 Å². The second-order valence-electron chi connectivity index (χ2n) is 4.26. The first kappa shape index (κ1) is 11.9. The Morgan fingerprint density at radius 1 is 1.05 bits per heavy atom. The van der Waals surface area contributed by atoms with Crippen molar-refractivity contribution in [3.05, 3.63) is 59.4 Å². The Morgan fingerprint density at radius 2 is 1.79 bits per heavy atom. The van der Waals surface area contributed by atoms with Crippen molar-refractivity contribution in [1.82, 2.24) is 0 Å². The average Bonchev–Trinajstić information content (AvgIpc) is 2.38. The van der Waals surface area contributed by atoms with Gasteiger partial charge in [-0.25, -0.2) is 13.2 Å². The summed E-state index contributed by atoms with van der Waals surface area (Å²) in [6.45, 7) is 0.219. The largest absolute Gasteiger partial charge is 0.481 e. The van der Waals surface area contributed by atoms with E-state index in [0.717, 1.165) is 0 Å². The van der Waals surface area contributed by atoms with Crippen molar-refractivity contribution in [2.75, 3.05) is 11.9 Å². The van der Waals surface area contributed by atoms with Crippen LogP contribution in [0.1, 0.15) is 11.7 Å². The van der Waals surface area contributed by atoms with Crippen molar-refractivity contribution in [2.45, 2.75) is 6.10 Å². The third-order valence-corrected chi connectivity index (χ3v) is 3.01. The van der Waals surface area contributed by atoms with E-state index in [4.69, 9.17) is 4.74 Å². The Balaban J connectivity index is 1.97. The molecule has 1 atom stereocenters. The van der Waals surface area contributed by atoms with Crippen molar-refractivity contribution >= 4 is 5.69 Å². The zero-order valence-electron chi connectivity index (χ0n) is 9.79. The fourth-order valence-electron chi connectivity index (χ4n) is 2.12. The van der Waals surface area contributed by atoms with Crippen LogP contribution in [0.3, 0.4) is 0 Å². The number of rotatable bonds is 1. The highest BCUT2D eigenvalue weighted by atomic mass is 19.1. The predicted molar refractivity (Wildman–Crippen MR) is 64.6 cm³/mol. The lowest BCUT2D eigenvalue weighted by Gasteiger charge is -2.28. The van der Waals surface area contributed by atoms with Gasteiger partial charge in [0, 0.05) is 6.07 Å². The number of benzene rings is 2. The van der Waals surface area contributed by atoms with E-state index in [1.807, 2.05) is 0 Å². The fourth-order valence-corrected chi connectivity index (χ4v) is 2.12. The Bertz CT molecular complexity index is 610. The maximum Gasteiger partial charge on any atom is 0.147 e. The minimum absolute atomic E-state index is 0.148. The molecule has 2 aromatic carbocycles. The Labute approximate surface area is 107 Å². The standard InChI is InChI=1S/C14H10F3NO/c15-8-4-5-11-12(6-8)19-13(7-18-11)14-9(16)2-1-3-10(14)17/h1-6,13,18H,7H2. The second kappa shape index (κ2) is 4.50. The molecular formula is C14H10F3NO. The Kier molecular flexibility index (Phi) is 2.81. The van der Waals surface area contributed by atoms with E-state index in [0.29, 0.717) is 5.69 Å². The lowest BCUT2D eigenvalue weighted by atomic mass is 10.1. The molecule has 3 rings (SSSR count). The molecule has 1 unspecified atom stereocenters. The molecule has 0 bridgehead atoms. The summed E-state index contributed by atoms with van der Waals surface area (Å²) in [4.78, 5) is 0. The number of fused-ring (bicyclic) bond motifs is 1. The number of halogens is 3. The van der Waals surface area contributed by atoms with Gasteiger partial charge in [-0.3, -0.25) is 0 Å². The average molecular weight is 265 g/mol. The Hall–Kier alpha value is -2.17. The Morgan fingerprint density at radius 3 is 2.53 bits per heavy atom. The summed E-state index contributed by atoms with van der Waals surface area (Å²) in [5, 5.41) is 2.97. The second-order valence-corrected chi connectivity index (χ2v) is 4.26. The van der Waals surface area contributed by atoms with E-state index >= 15 is 0 Å². The molecule has 0 radical (unpaired) electrons. The van der Waals surface area contributed by atoms with Gasteiger partial charge in [-0.1, -0.05) is 6.07 Å². The van der Waals surface area contributed by atoms with Crippen LogP contribution in [0.2, 0.25) is 0 Å². The number of ether oxygens (including phenoxy) is 1. The van der Waals surface area contributed by atoms with Gasteiger partial charge in [-0.2, -0.15) is 0 Å². The minimum atomic E-state index is -0.824. The number of hydrogen-bond donors (Lipinski definition) is 1. The molecule has 19 heavy (non-hydrogen) atoms. The molecule has 0 aliphatic carbocycles. The van der Waals surface area contributed by atoms with E-state index in [9.17, 15) is 13.2 Å². The van der Waals surface area contributed by atoms with Crippen LogP contribution in [0.15, 0.2) is 36.4 Å². The van der Waals surface area contributed by atoms with Crippen molar-refractivity contribution in [3.8, 4) is 5.75 Å². The molecule has 0 saturated heterocycles. The van der Waals surface area contributed by atoms with E-state index in [1.165, 1.54) is 36.4 Å². The maximum absolute atomic E-state index is 13.7. The molecule has 1 N–H and O–H groups in total. The zero-order valence-corrected chi connectivity index (χ0v) is 9.79. The van der Waals surface area contributed by atoms with Gasteiger partial charge >= 0.3 is 0 Å². The van der Waals surface area contributed by atoms with Crippen molar-refractivity contribution in [2.24, 2.45) is 0 Å². The quantitative estimate of drug-likeness (QED) is 0.849. The van der Waals surface area contributed by atoms with E-state index in [2.05, 4.69) is 5.32 Å². The van der Waals surface area contributed by atoms with Gasteiger partial charge in [0.25, 0.3) is 0 Å². The van der Waals surface area contributed by atoms with Crippen LogP contribution in [0, 0.1) is 17.5 Å². The zero-order chi connectivity index (χ0) is 13.4. The topological polar surface area (TPSA) is 21.3 Å².